The Morgan fingerprint density at radius 1 is 1.15 bits per heavy atom. The summed E-state index contributed by atoms with van der Waals surface area (Å²) in [4.78, 5) is 0. The summed E-state index contributed by atoms with van der Waals surface area (Å²) in [5.41, 5.74) is 2.44. The molecule has 1 atom stereocenters. The van der Waals surface area contributed by atoms with E-state index >= 15 is 0 Å². The standard InChI is InChI=1S/C17H20BrNO/c1-3-15(9-13-7-5-4-6-8-13)19-16-10-14(18)11-17(12-16)20-2/h4-8,10-12,15,19H,3,9H2,1-2H3. The molecule has 0 fully saturated rings. The van der Waals surface area contributed by atoms with Crippen molar-refractivity contribution in [2.24, 2.45) is 0 Å². The maximum atomic E-state index is 5.30. The zero-order valence-corrected chi connectivity index (χ0v) is 13.5. The molecule has 2 rings (SSSR count). The minimum absolute atomic E-state index is 0.413. The molecule has 0 bridgehead atoms. The molecule has 0 aromatic heterocycles. The highest BCUT2D eigenvalue weighted by Gasteiger charge is 2.08. The van der Waals surface area contributed by atoms with Gasteiger partial charge in [0.2, 0.25) is 0 Å². The monoisotopic (exact) mass is 333 g/mol. The summed E-state index contributed by atoms with van der Waals surface area (Å²) in [6.07, 6.45) is 2.09. The second kappa shape index (κ2) is 7.34. The van der Waals surface area contributed by atoms with Crippen molar-refractivity contribution in [3.8, 4) is 5.75 Å². The fourth-order valence-corrected chi connectivity index (χ4v) is 2.67. The van der Waals surface area contributed by atoms with Crippen LogP contribution < -0.4 is 10.1 Å². The molecular weight excluding hydrogens is 314 g/mol. The van der Waals surface area contributed by atoms with E-state index in [4.69, 9.17) is 4.74 Å². The molecule has 0 amide bonds. The zero-order chi connectivity index (χ0) is 14.4. The summed E-state index contributed by atoms with van der Waals surface area (Å²) in [6, 6.07) is 17.1. The van der Waals surface area contributed by atoms with Gasteiger partial charge in [-0.25, -0.2) is 0 Å². The first-order valence-electron chi connectivity index (χ1n) is 6.86. The van der Waals surface area contributed by atoms with E-state index in [2.05, 4.69) is 64.6 Å². The van der Waals surface area contributed by atoms with Crippen molar-refractivity contribution in [1.82, 2.24) is 0 Å². The van der Waals surface area contributed by atoms with Crippen molar-refractivity contribution in [2.45, 2.75) is 25.8 Å². The van der Waals surface area contributed by atoms with E-state index in [1.165, 1.54) is 5.56 Å². The van der Waals surface area contributed by atoms with Crippen molar-refractivity contribution in [3.05, 3.63) is 58.6 Å². The predicted molar refractivity (Wildman–Crippen MR) is 88.5 cm³/mol. The number of methoxy groups -OCH3 is 1. The average molecular weight is 334 g/mol. The predicted octanol–water partition coefficient (Wildman–Crippen LogP) is 4.89. The Hall–Kier alpha value is -1.48. The number of nitrogens with one attached hydrogen (secondary N) is 1. The van der Waals surface area contributed by atoms with Crippen LogP contribution in [-0.4, -0.2) is 13.2 Å². The number of rotatable bonds is 6. The third-order valence-corrected chi connectivity index (χ3v) is 3.75. The summed E-state index contributed by atoms with van der Waals surface area (Å²) in [5.74, 6) is 0.858. The Bertz CT molecular complexity index is 542. The van der Waals surface area contributed by atoms with Gasteiger partial charge in [-0.05, 0) is 30.5 Å². The Balaban J connectivity index is 2.08. The molecule has 20 heavy (non-hydrogen) atoms. The highest BCUT2D eigenvalue weighted by Crippen LogP contribution is 2.25. The van der Waals surface area contributed by atoms with Gasteiger partial charge >= 0.3 is 0 Å². The van der Waals surface area contributed by atoms with E-state index in [9.17, 15) is 0 Å². The topological polar surface area (TPSA) is 21.3 Å². The van der Waals surface area contributed by atoms with E-state index in [1.807, 2.05) is 12.1 Å². The molecule has 0 aliphatic carbocycles. The van der Waals surface area contributed by atoms with E-state index in [1.54, 1.807) is 7.11 Å². The summed E-state index contributed by atoms with van der Waals surface area (Å²) >= 11 is 3.51. The van der Waals surface area contributed by atoms with Crippen molar-refractivity contribution in [3.63, 3.8) is 0 Å². The Labute approximate surface area is 129 Å². The van der Waals surface area contributed by atoms with Crippen LogP contribution in [0.5, 0.6) is 5.75 Å². The van der Waals surface area contributed by atoms with Gasteiger partial charge in [-0.2, -0.15) is 0 Å². The van der Waals surface area contributed by atoms with Gasteiger partial charge in [0.25, 0.3) is 0 Å². The normalized spacial score (nSPS) is 11.9. The Morgan fingerprint density at radius 2 is 1.90 bits per heavy atom. The smallest absolute Gasteiger partial charge is 0.122 e. The van der Waals surface area contributed by atoms with Crippen LogP contribution in [0.2, 0.25) is 0 Å². The number of ether oxygens (including phenoxy) is 1. The van der Waals surface area contributed by atoms with Crippen LogP contribution in [0.15, 0.2) is 53.0 Å². The van der Waals surface area contributed by atoms with Gasteiger partial charge in [-0.15, -0.1) is 0 Å². The first kappa shape index (κ1) is 14.9. The van der Waals surface area contributed by atoms with Crippen molar-refractivity contribution in [2.75, 3.05) is 12.4 Å². The third-order valence-electron chi connectivity index (χ3n) is 3.30. The molecule has 106 valence electrons. The first-order valence-corrected chi connectivity index (χ1v) is 7.65. The summed E-state index contributed by atoms with van der Waals surface area (Å²) in [7, 11) is 1.69. The molecule has 0 saturated carbocycles. The number of halogens is 1. The zero-order valence-electron chi connectivity index (χ0n) is 11.9. The molecule has 2 nitrogen and oxygen atoms in total. The molecule has 0 radical (unpaired) electrons. The molecule has 0 aliphatic rings. The fraction of sp³-hybridized carbons (Fsp3) is 0.294. The summed E-state index contributed by atoms with van der Waals surface area (Å²) < 4.78 is 6.32. The lowest BCUT2D eigenvalue weighted by Crippen LogP contribution is -2.21. The first-order chi connectivity index (χ1) is 9.71. The fourth-order valence-electron chi connectivity index (χ4n) is 2.20. The van der Waals surface area contributed by atoms with E-state index in [0.29, 0.717) is 6.04 Å². The molecular formula is C17H20BrNO. The van der Waals surface area contributed by atoms with E-state index in [-0.39, 0.29) is 0 Å². The summed E-state index contributed by atoms with van der Waals surface area (Å²) in [5, 5.41) is 3.58. The molecule has 0 heterocycles. The van der Waals surface area contributed by atoms with E-state index < -0.39 is 0 Å². The minimum Gasteiger partial charge on any atom is -0.497 e. The third kappa shape index (κ3) is 4.27. The molecule has 0 spiro atoms. The molecule has 3 heteroatoms. The van der Waals surface area contributed by atoms with Crippen LogP contribution in [0.25, 0.3) is 0 Å². The number of anilines is 1. The lowest BCUT2D eigenvalue weighted by molar-refractivity contribution is 0.414. The lowest BCUT2D eigenvalue weighted by Gasteiger charge is -2.19. The SMILES string of the molecule is CCC(Cc1ccccc1)Nc1cc(Br)cc(OC)c1. The molecule has 1 N–H and O–H groups in total. The van der Waals surface area contributed by atoms with Crippen LogP contribution in [0.3, 0.4) is 0 Å². The van der Waals surface area contributed by atoms with Gasteiger partial charge in [0.1, 0.15) is 5.75 Å². The maximum Gasteiger partial charge on any atom is 0.122 e. The van der Waals surface area contributed by atoms with Gasteiger partial charge < -0.3 is 10.1 Å². The second-order valence-corrected chi connectivity index (χ2v) is 5.73. The molecule has 2 aromatic carbocycles. The van der Waals surface area contributed by atoms with Crippen molar-refractivity contribution >= 4 is 21.6 Å². The Kier molecular flexibility index (Phi) is 5.48. The number of hydrogen-bond acceptors (Lipinski definition) is 2. The van der Waals surface area contributed by atoms with Gasteiger partial charge in [0.15, 0.2) is 0 Å². The van der Waals surface area contributed by atoms with Crippen LogP contribution in [0.4, 0.5) is 5.69 Å². The average Bonchev–Trinajstić information content (AvgIpc) is 2.47. The maximum absolute atomic E-state index is 5.30. The van der Waals surface area contributed by atoms with Crippen LogP contribution >= 0.6 is 15.9 Å². The van der Waals surface area contributed by atoms with Crippen molar-refractivity contribution < 1.29 is 4.74 Å². The summed E-state index contributed by atoms with van der Waals surface area (Å²) in [6.45, 7) is 2.20. The quantitative estimate of drug-likeness (QED) is 0.812. The largest absolute Gasteiger partial charge is 0.497 e. The van der Waals surface area contributed by atoms with Gasteiger partial charge in [-0.3, -0.25) is 0 Å². The molecule has 2 aromatic rings. The lowest BCUT2D eigenvalue weighted by atomic mass is 10.0. The van der Waals surface area contributed by atoms with Gasteiger partial charge in [-0.1, -0.05) is 53.2 Å². The second-order valence-electron chi connectivity index (χ2n) is 4.82. The van der Waals surface area contributed by atoms with Gasteiger partial charge in [0.05, 0.1) is 7.11 Å². The van der Waals surface area contributed by atoms with Crippen LogP contribution in [0, 0.1) is 0 Å². The number of benzene rings is 2. The molecule has 1 unspecified atom stereocenters. The van der Waals surface area contributed by atoms with Gasteiger partial charge in [0, 0.05) is 22.3 Å². The highest BCUT2D eigenvalue weighted by molar-refractivity contribution is 9.10. The van der Waals surface area contributed by atoms with E-state index in [0.717, 1.165) is 28.8 Å². The molecule has 0 aliphatic heterocycles. The minimum atomic E-state index is 0.413. The van der Waals surface area contributed by atoms with Crippen molar-refractivity contribution in [1.29, 1.82) is 0 Å². The molecule has 0 saturated heterocycles. The van der Waals surface area contributed by atoms with Crippen LogP contribution in [0.1, 0.15) is 18.9 Å². The van der Waals surface area contributed by atoms with Crippen LogP contribution in [-0.2, 0) is 6.42 Å². The highest BCUT2D eigenvalue weighted by atomic mass is 79.9. The number of hydrogen-bond donors (Lipinski definition) is 1. The Morgan fingerprint density at radius 3 is 2.55 bits per heavy atom.